The Morgan fingerprint density at radius 3 is 2.69 bits per heavy atom. The van der Waals surface area contributed by atoms with Gasteiger partial charge < -0.3 is 5.32 Å². The van der Waals surface area contributed by atoms with E-state index in [4.69, 9.17) is 0 Å². The monoisotopic (exact) mass is 227 g/mol. The predicted molar refractivity (Wildman–Crippen MR) is 57.4 cm³/mol. The molecule has 0 aromatic carbocycles. The molecule has 1 fully saturated rings. The van der Waals surface area contributed by atoms with Crippen LogP contribution in [0.1, 0.15) is 20.3 Å². The van der Waals surface area contributed by atoms with Crippen molar-refractivity contribution in [3.8, 4) is 0 Å². The molecule has 0 aromatic heterocycles. The second-order valence-electron chi connectivity index (χ2n) is 4.25. The van der Waals surface area contributed by atoms with E-state index in [1.807, 2.05) is 13.8 Å². The van der Waals surface area contributed by atoms with Crippen molar-refractivity contribution in [3.63, 3.8) is 0 Å². The van der Waals surface area contributed by atoms with Crippen LogP contribution in [0, 0.1) is 5.92 Å². The highest BCUT2D eigenvalue weighted by Crippen LogP contribution is 2.00. The van der Waals surface area contributed by atoms with Crippen LogP contribution in [0.4, 0.5) is 0 Å². The van der Waals surface area contributed by atoms with Gasteiger partial charge in [-0.05, 0) is 5.92 Å². The van der Waals surface area contributed by atoms with E-state index < -0.39 is 6.04 Å². The zero-order valence-electron chi connectivity index (χ0n) is 9.50. The number of imide groups is 1. The number of rotatable bonds is 5. The lowest BCUT2D eigenvalue weighted by molar-refractivity contribution is -0.125. The third-order valence-corrected chi connectivity index (χ3v) is 2.19. The molecule has 3 N–H and O–H groups in total. The summed E-state index contributed by atoms with van der Waals surface area (Å²) in [6.07, 6.45) is 0.107. The van der Waals surface area contributed by atoms with E-state index in [9.17, 15) is 14.4 Å². The van der Waals surface area contributed by atoms with E-state index in [1.165, 1.54) is 0 Å². The smallest absolute Gasteiger partial charge is 0.244 e. The summed E-state index contributed by atoms with van der Waals surface area (Å²) in [6.45, 7) is 4.65. The van der Waals surface area contributed by atoms with Gasteiger partial charge in [0.2, 0.25) is 17.7 Å². The van der Waals surface area contributed by atoms with Crippen molar-refractivity contribution in [2.75, 3.05) is 13.1 Å². The number of nitrogens with one attached hydrogen (secondary N) is 3. The molecule has 3 amide bonds. The van der Waals surface area contributed by atoms with Crippen LogP contribution in [0.25, 0.3) is 0 Å². The van der Waals surface area contributed by atoms with Gasteiger partial charge in [-0.15, -0.1) is 0 Å². The van der Waals surface area contributed by atoms with Crippen molar-refractivity contribution >= 4 is 17.7 Å². The first kappa shape index (κ1) is 12.6. The molecule has 0 aliphatic carbocycles. The average Bonchev–Trinajstić information content (AvgIpc) is 2.51. The van der Waals surface area contributed by atoms with E-state index in [0.29, 0.717) is 12.5 Å². The molecule has 16 heavy (non-hydrogen) atoms. The van der Waals surface area contributed by atoms with Gasteiger partial charge in [0.25, 0.3) is 0 Å². The van der Waals surface area contributed by atoms with Crippen LogP contribution < -0.4 is 16.0 Å². The van der Waals surface area contributed by atoms with Crippen molar-refractivity contribution in [2.24, 2.45) is 5.92 Å². The molecule has 0 aromatic rings. The number of carbonyl (C=O) groups excluding carboxylic acids is 3. The Hall–Kier alpha value is -1.43. The lowest BCUT2D eigenvalue weighted by Crippen LogP contribution is -2.43. The summed E-state index contributed by atoms with van der Waals surface area (Å²) in [4.78, 5) is 33.3. The Labute approximate surface area is 94.2 Å². The van der Waals surface area contributed by atoms with Crippen molar-refractivity contribution < 1.29 is 14.4 Å². The Kier molecular flexibility index (Phi) is 4.42. The van der Waals surface area contributed by atoms with E-state index in [0.717, 1.165) is 0 Å². The fourth-order valence-electron chi connectivity index (χ4n) is 1.31. The zero-order chi connectivity index (χ0) is 12.1. The molecular weight excluding hydrogens is 210 g/mol. The average molecular weight is 227 g/mol. The lowest BCUT2D eigenvalue weighted by atomic mass is 10.2. The second-order valence-corrected chi connectivity index (χ2v) is 4.25. The zero-order valence-corrected chi connectivity index (χ0v) is 9.50. The van der Waals surface area contributed by atoms with E-state index in [-0.39, 0.29) is 30.7 Å². The standard InChI is InChI=1S/C10H17N3O3/c1-6(2)4-12-9(15)5-11-7-3-8(14)13-10(7)16/h6-7,11H,3-5H2,1-2H3,(H,12,15)(H,13,14,16). The molecule has 90 valence electrons. The third kappa shape index (κ3) is 3.98. The molecule has 1 aliphatic rings. The molecule has 1 heterocycles. The van der Waals surface area contributed by atoms with Gasteiger partial charge in [-0.3, -0.25) is 25.0 Å². The van der Waals surface area contributed by atoms with Crippen LogP contribution in [-0.4, -0.2) is 36.9 Å². The molecular formula is C10H17N3O3. The first-order valence-electron chi connectivity index (χ1n) is 5.33. The highest BCUT2D eigenvalue weighted by molar-refractivity contribution is 6.05. The molecule has 0 spiro atoms. The topological polar surface area (TPSA) is 87.3 Å². The maximum atomic E-state index is 11.3. The highest BCUT2D eigenvalue weighted by atomic mass is 16.2. The SMILES string of the molecule is CC(C)CNC(=O)CNC1CC(=O)NC1=O. The quantitative estimate of drug-likeness (QED) is 0.513. The van der Waals surface area contributed by atoms with Crippen molar-refractivity contribution in [3.05, 3.63) is 0 Å². The molecule has 6 heteroatoms. The molecule has 1 rings (SSSR count). The van der Waals surface area contributed by atoms with Gasteiger partial charge in [-0.25, -0.2) is 0 Å². The molecule has 0 saturated carbocycles. The normalized spacial score (nSPS) is 20.1. The van der Waals surface area contributed by atoms with Crippen LogP contribution in [-0.2, 0) is 14.4 Å². The molecule has 1 unspecified atom stereocenters. The number of hydrogen-bond donors (Lipinski definition) is 3. The molecule has 6 nitrogen and oxygen atoms in total. The summed E-state index contributed by atoms with van der Waals surface area (Å²) in [6, 6.07) is -0.572. The van der Waals surface area contributed by atoms with E-state index >= 15 is 0 Å². The highest BCUT2D eigenvalue weighted by Gasteiger charge is 2.30. The summed E-state index contributed by atoms with van der Waals surface area (Å²) >= 11 is 0. The minimum Gasteiger partial charge on any atom is -0.355 e. The molecule has 0 bridgehead atoms. The fraction of sp³-hybridized carbons (Fsp3) is 0.700. The number of carbonyl (C=O) groups is 3. The predicted octanol–water partition coefficient (Wildman–Crippen LogP) is -1.24. The number of hydrogen-bond acceptors (Lipinski definition) is 4. The summed E-state index contributed by atoms with van der Waals surface area (Å²) in [7, 11) is 0. The number of amides is 3. The molecule has 1 atom stereocenters. The summed E-state index contributed by atoms with van der Waals surface area (Å²) < 4.78 is 0. The summed E-state index contributed by atoms with van der Waals surface area (Å²) in [5.41, 5.74) is 0. The second kappa shape index (κ2) is 5.60. The summed E-state index contributed by atoms with van der Waals surface area (Å²) in [5.74, 6) is -0.437. The lowest BCUT2D eigenvalue weighted by Gasteiger charge is -2.10. The Bertz CT molecular complexity index is 302. The minimum absolute atomic E-state index is 0.0537. The maximum absolute atomic E-state index is 11.3. The van der Waals surface area contributed by atoms with E-state index in [2.05, 4.69) is 16.0 Å². The maximum Gasteiger partial charge on any atom is 0.244 e. The van der Waals surface area contributed by atoms with Gasteiger partial charge in [0.05, 0.1) is 19.0 Å². The van der Waals surface area contributed by atoms with Crippen LogP contribution in [0.15, 0.2) is 0 Å². The summed E-state index contributed by atoms with van der Waals surface area (Å²) in [5, 5.41) is 7.62. The van der Waals surface area contributed by atoms with E-state index in [1.54, 1.807) is 0 Å². The Morgan fingerprint density at radius 1 is 1.50 bits per heavy atom. The van der Waals surface area contributed by atoms with Gasteiger partial charge in [0.1, 0.15) is 0 Å². The first-order chi connectivity index (χ1) is 7.49. The fourth-order valence-corrected chi connectivity index (χ4v) is 1.31. The van der Waals surface area contributed by atoms with Gasteiger partial charge in [0, 0.05) is 6.54 Å². The van der Waals surface area contributed by atoms with Gasteiger partial charge in [-0.1, -0.05) is 13.8 Å². The molecule has 1 saturated heterocycles. The first-order valence-corrected chi connectivity index (χ1v) is 5.33. The van der Waals surface area contributed by atoms with Gasteiger partial charge >= 0.3 is 0 Å². The van der Waals surface area contributed by atoms with Crippen molar-refractivity contribution in [1.29, 1.82) is 0 Å². The third-order valence-electron chi connectivity index (χ3n) is 2.19. The van der Waals surface area contributed by atoms with Gasteiger partial charge in [-0.2, -0.15) is 0 Å². The van der Waals surface area contributed by atoms with Crippen LogP contribution >= 0.6 is 0 Å². The van der Waals surface area contributed by atoms with Crippen molar-refractivity contribution in [1.82, 2.24) is 16.0 Å². The van der Waals surface area contributed by atoms with Crippen LogP contribution in [0.2, 0.25) is 0 Å². The van der Waals surface area contributed by atoms with Gasteiger partial charge in [0.15, 0.2) is 0 Å². The Balaban J connectivity index is 2.21. The Morgan fingerprint density at radius 2 is 2.19 bits per heavy atom. The largest absolute Gasteiger partial charge is 0.355 e. The van der Waals surface area contributed by atoms with Crippen molar-refractivity contribution in [2.45, 2.75) is 26.3 Å². The van der Waals surface area contributed by atoms with Crippen LogP contribution in [0.3, 0.4) is 0 Å². The molecule has 1 aliphatic heterocycles. The molecule has 0 radical (unpaired) electrons. The minimum atomic E-state index is -0.572. The van der Waals surface area contributed by atoms with Crippen LogP contribution in [0.5, 0.6) is 0 Å².